The number of amides is 1. The lowest BCUT2D eigenvalue weighted by atomic mass is 10.0. The van der Waals surface area contributed by atoms with E-state index in [0.29, 0.717) is 13.2 Å². The number of rotatable bonds is 8. The van der Waals surface area contributed by atoms with Crippen LogP contribution in [-0.4, -0.2) is 35.8 Å². The molecule has 3 N–H and O–H groups in total. The molecular weight excluding hydrogens is 308 g/mol. The fraction of sp³-hybridized carbons (Fsp3) is 0.611. The number of nitrogens with one attached hydrogen (secondary N) is 2. The van der Waals surface area contributed by atoms with Gasteiger partial charge in [0.15, 0.2) is 0 Å². The number of hydrogen-bond donors (Lipinski definition) is 3. The molecule has 136 valence electrons. The lowest BCUT2D eigenvalue weighted by Gasteiger charge is -2.27. The van der Waals surface area contributed by atoms with E-state index in [0.717, 1.165) is 5.56 Å². The fourth-order valence-electron chi connectivity index (χ4n) is 1.98. The van der Waals surface area contributed by atoms with Gasteiger partial charge in [-0.2, -0.15) is 0 Å². The SMILES string of the molecule is CC(C)[C@H](CNC(=O)OC(C)(C)C)N[C@H](O)OCc1ccccc1. The molecule has 0 saturated carbocycles. The Morgan fingerprint density at radius 3 is 2.38 bits per heavy atom. The molecule has 0 aliphatic rings. The Hall–Kier alpha value is -1.63. The Morgan fingerprint density at radius 2 is 1.83 bits per heavy atom. The Labute approximate surface area is 144 Å². The Morgan fingerprint density at radius 1 is 1.21 bits per heavy atom. The molecule has 1 aromatic carbocycles. The molecule has 0 aromatic heterocycles. The maximum absolute atomic E-state index is 11.7. The second kappa shape index (κ2) is 9.61. The first-order chi connectivity index (χ1) is 11.2. The van der Waals surface area contributed by atoms with E-state index >= 15 is 0 Å². The average Bonchev–Trinajstić information content (AvgIpc) is 2.48. The lowest BCUT2D eigenvalue weighted by Crippen LogP contribution is -2.49. The molecule has 24 heavy (non-hydrogen) atoms. The van der Waals surface area contributed by atoms with Crippen molar-refractivity contribution < 1.29 is 19.4 Å². The lowest BCUT2D eigenvalue weighted by molar-refractivity contribution is -0.136. The topological polar surface area (TPSA) is 79.8 Å². The van der Waals surface area contributed by atoms with Crippen molar-refractivity contribution in [2.24, 2.45) is 5.92 Å². The summed E-state index contributed by atoms with van der Waals surface area (Å²) >= 11 is 0. The van der Waals surface area contributed by atoms with Gasteiger partial charge in [0, 0.05) is 12.6 Å². The number of alkyl carbamates (subject to hydrolysis) is 1. The summed E-state index contributed by atoms with van der Waals surface area (Å²) in [4.78, 5) is 11.7. The number of hydrogen-bond acceptors (Lipinski definition) is 5. The molecule has 1 rings (SSSR count). The van der Waals surface area contributed by atoms with Gasteiger partial charge in [0.25, 0.3) is 0 Å². The van der Waals surface area contributed by atoms with Crippen LogP contribution >= 0.6 is 0 Å². The van der Waals surface area contributed by atoms with E-state index < -0.39 is 18.1 Å². The standard InChI is InChI=1S/C18H30N2O4/c1-13(2)15(11-19-16(21)24-18(3,4)5)20-17(22)23-12-14-9-7-6-8-10-14/h6-10,13,15,17,20,22H,11-12H2,1-5H3,(H,19,21)/t15-,17+/m0/s1. The van der Waals surface area contributed by atoms with Gasteiger partial charge in [0.05, 0.1) is 6.61 Å². The van der Waals surface area contributed by atoms with Crippen LogP contribution in [0.25, 0.3) is 0 Å². The van der Waals surface area contributed by atoms with Crippen LogP contribution in [0.5, 0.6) is 0 Å². The molecule has 0 unspecified atom stereocenters. The van der Waals surface area contributed by atoms with E-state index in [2.05, 4.69) is 10.6 Å². The predicted octanol–water partition coefficient (Wildman–Crippen LogP) is 2.62. The maximum atomic E-state index is 11.7. The summed E-state index contributed by atoms with van der Waals surface area (Å²) in [5, 5.41) is 15.7. The minimum absolute atomic E-state index is 0.150. The minimum atomic E-state index is -1.11. The van der Waals surface area contributed by atoms with Crippen LogP contribution in [0.1, 0.15) is 40.2 Å². The van der Waals surface area contributed by atoms with E-state index in [1.54, 1.807) is 0 Å². The Bertz CT molecular complexity index is 486. The number of aliphatic hydroxyl groups excluding tert-OH is 1. The van der Waals surface area contributed by atoms with Gasteiger partial charge >= 0.3 is 6.09 Å². The normalized spacial score (nSPS) is 14.3. The second-order valence-electron chi connectivity index (χ2n) is 7.05. The molecule has 0 bridgehead atoms. The molecule has 0 radical (unpaired) electrons. The molecule has 0 saturated heterocycles. The van der Waals surface area contributed by atoms with Crippen LogP contribution in [0.15, 0.2) is 30.3 Å². The number of benzene rings is 1. The highest BCUT2D eigenvalue weighted by Crippen LogP contribution is 2.08. The summed E-state index contributed by atoms with van der Waals surface area (Å²) in [6.07, 6.45) is -1.59. The van der Waals surface area contributed by atoms with Crippen molar-refractivity contribution in [3.05, 3.63) is 35.9 Å². The van der Waals surface area contributed by atoms with E-state index in [1.807, 2.05) is 65.0 Å². The third-order valence-electron chi connectivity index (χ3n) is 3.28. The summed E-state index contributed by atoms with van der Waals surface area (Å²) in [5.74, 6) is 0.190. The Kier molecular flexibility index (Phi) is 8.18. The van der Waals surface area contributed by atoms with Crippen molar-refractivity contribution in [2.45, 2.75) is 59.3 Å². The van der Waals surface area contributed by atoms with Gasteiger partial charge in [-0.25, -0.2) is 4.79 Å². The van der Waals surface area contributed by atoms with Gasteiger partial charge in [-0.3, -0.25) is 5.32 Å². The largest absolute Gasteiger partial charge is 0.444 e. The summed E-state index contributed by atoms with van der Waals surface area (Å²) in [6.45, 7) is 10.1. The molecule has 2 atom stereocenters. The number of carbonyl (C=O) groups excluding carboxylic acids is 1. The van der Waals surface area contributed by atoms with Crippen LogP contribution in [0.3, 0.4) is 0 Å². The van der Waals surface area contributed by atoms with Gasteiger partial charge in [-0.05, 0) is 32.3 Å². The number of aliphatic hydroxyl groups is 1. The van der Waals surface area contributed by atoms with Gasteiger partial charge in [0.1, 0.15) is 5.60 Å². The van der Waals surface area contributed by atoms with Gasteiger partial charge in [-0.1, -0.05) is 44.2 Å². The smallest absolute Gasteiger partial charge is 0.407 e. The zero-order chi connectivity index (χ0) is 18.2. The highest BCUT2D eigenvalue weighted by Gasteiger charge is 2.20. The van der Waals surface area contributed by atoms with Crippen molar-refractivity contribution >= 4 is 6.09 Å². The predicted molar refractivity (Wildman–Crippen MR) is 93.2 cm³/mol. The zero-order valence-corrected chi connectivity index (χ0v) is 15.2. The first kappa shape index (κ1) is 20.4. The molecule has 1 amide bonds. The third-order valence-corrected chi connectivity index (χ3v) is 3.28. The zero-order valence-electron chi connectivity index (χ0n) is 15.2. The summed E-state index contributed by atoms with van der Waals surface area (Å²) in [7, 11) is 0. The second-order valence-corrected chi connectivity index (χ2v) is 7.05. The number of ether oxygens (including phenoxy) is 2. The van der Waals surface area contributed by atoms with Crippen molar-refractivity contribution in [3.8, 4) is 0 Å². The molecule has 0 aliphatic heterocycles. The van der Waals surface area contributed by atoms with Crippen LogP contribution < -0.4 is 10.6 Å². The van der Waals surface area contributed by atoms with Crippen molar-refractivity contribution in [3.63, 3.8) is 0 Å². The first-order valence-electron chi connectivity index (χ1n) is 8.24. The molecule has 6 heteroatoms. The van der Waals surface area contributed by atoms with E-state index in [-0.39, 0.29) is 12.0 Å². The van der Waals surface area contributed by atoms with Gasteiger partial charge in [0.2, 0.25) is 6.41 Å². The van der Waals surface area contributed by atoms with Crippen LogP contribution in [0, 0.1) is 5.92 Å². The Balaban J connectivity index is 2.40. The van der Waals surface area contributed by atoms with Gasteiger partial charge in [-0.15, -0.1) is 0 Å². The van der Waals surface area contributed by atoms with E-state index in [1.165, 1.54) is 0 Å². The monoisotopic (exact) mass is 338 g/mol. The molecule has 0 fully saturated rings. The summed E-state index contributed by atoms with van der Waals surface area (Å²) < 4.78 is 10.6. The third kappa shape index (κ3) is 8.86. The van der Waals surface area contributed by atoms with Crippen molar-refractivity contribution in [1.82, 2.24) is 10.6 Å². The highest BCUT2D eigenvalue weighted by molar-refractivity contribution is 5.67. The molecule has 0 aliphatic carbocycles. The average molecular weight is 338 g/mol. The highest BCUT2D eigenvalue weighted by atomic mass is 16.6. The molecular formula is C18H30N2O4. The van der Waals surface area contributed by atoms with Crippen LogP contribution in [-0.2, 0) is 16.1 Å². The van der Waals surface area contributed by atoms with E-state index in [9.17, 15) is 9.90 Å². The van der Waals surface area contributed by atoms with Crippen molar-refractivity contribution in [2.75, 3.05) is 6.54 Å². The minimum Gasteiger partial charge on any atom is -0.444 e. The van der Waals surface area contributed by atoms with E-state index in [4.69, 9.17) is 9.47 Å². The molecule has 0 heterocycles. The maximum Gasteiger partial charge on any atom is 0.407 e. The quantitative estimate of drug-likeness (QED) is 0.635. The summed E-state index contributed by atoms with van der Waals surface area (Å²) in [5.41, 5.74) is 0.440. The van der Waals surface area contributed by atoms with Crippen molar-refractivity contribution in [1.29, 1.82) is 0 Å². The molecule has 1 aromatic rings. The molecule has 0 spiro atoms. The fourth-order valence-corrected chi connectivity index (χ4v) is 1.98. The van der Waals surface area contributed by atoms with Crippen LogP contribution in [0.2, 0.25) is 0 Å². The molecule has 6 nitrogen and oxygen atoms in total. The van der Waals surface area contributed by atoms with Gasteiger partial charge < -0.3 is 19.9 Å². The van der Waals surface area contributed by atoms with Crippen LogP contribution in [0.4, 0.5) is 4.79 Å². The first-order valence-corrected chi connectivity index (χ1v) is 8.24. The number of carbonyl (C=O) groups is 1. The summed E-state index contributed by atoms with van der Waals surface area (Å²) in [6, 6.07) is 9.46.